The number of nitrogens with two attached hydrogens (primary N) is 1. The lowest BCUT2D eigenvalue weighted by atomic mass is 10.3. The fourth-order valence-corrected chi connectivity index (χ4v) is 2.69. The molecular formula is C12H20BrN5O. The van der Waals surface area contributed by atoms with Crippen molar-refractivity contribution in [2.45, 2.75) is 19.0 Å². The van der Waals surface area contributed by atoms with E-state index in [0.29, 0.717) is 11.0 Å². The van der Waals surface area contributed by atoms with Crippen molar-refractivity contribution < 1.29 is 0 Å². The number of hydrogen-bond acceptors (Lipinski definition) is 5. The zero-order valence-electron chi connectivity index (χ0n) is 11.3. The Morgan fingerprint density at radius 3 is 2.89 bits per heavy atom. The third kappa shape index (κ3) is 3.34. The van der Waals surface area contributed by atoms with E-state index in [0.717, 1.165) is 31.7 Å². The molecule has 0 amide bonds. The Balaban J connectivity index is 2.20. The minimum Gasteiger partial charge on any atom is -0.368 e. The average Bonchev–Trinajstić information content (AvgIpc) is 2.77. The molecule has 1 unspecified atom stereocenters. The molecule has 1 aliphatic heterocycles. The summed E-state index contributed by atoms with van der Waals surface area (Å²) in [6.07, 6.45) is 2.70. The van der Waals surface area contributed by atoms with Crippen molar-refractivity contribution in [1.82, 2.24) is 14.7 Å². The maximum Gasteiger partial charge on any atom is 0.283 e. The first-order chi connectivity index (χ1) is 8.99. The molecule has 0 aliphatic carbocycles. The number of likely N-dealkylation sites (N-methyl/N-ethyl adjacent to an activating group) is 1. The summed E-state index contributed by atoms with van der Waals surface area (Å²) in [6.45, 7) is 3.03. The van der Waals surface area contributed by atoms with Gasteiger partial charge in [0.15, 0.2) is 0 Å². The maximum atomic E-state index is 12.2. The maximum absolute atomic E-state index is 12.2. The van der Waals surface area contributed by atoms with Crippen molar-refractivity contribution in [1.29, 1.82) is 0 Å². The van der Waals surface area contributed by atoms with E-state index < -0.39 is 0 Å². The third-order valence-corrected chi connectivity index (χ3v) is 4.04. The van der Waals surface area contributed by atoms with Crippen LogP contribution in [0.3, 0.4) is 0 Å². The summed E-state index contributed by atoms with van der Waals surface area (Å²) < 4.78 is 2.07. The van der Waals surface area contributed by atoms with Crippen molar-refractivity contribution in [2.24, 2.45) is 5.73 Å². The minimum absolute atomic E-state index is 0.0835. The van der Waals surface area contributed by atoms with Crippen LogP contribution in [0.2, 0.25) is 0 Å². The number of halogens is 1. The SMILES string of the molecule is CN(C)CCn1ncc(N2CCC(N)C2)c(Br)c1=O. The highest BCUT2D eigenvalue weighted by Gasteiger charge is 2.22. The Labute approximate surface area is 121 Å². The largest absolute Gasteiger partial charge is 0.368 e. The Bertz CT molecular complexity index is 501. The number of aromatic nitrogens is 2. The van der Waals surface area contributed by atoms with Crippen LogP contribution in [-0.2, 0) is 6.54 Å². The number of rotatable bonds is 4. The van der Waals surface area contributed by atoms with Crippen LogP contribution in [-0.4, -0.2) is 54.5 Å². The van der Waals surface area contributed by atoms with E-state index in [1.54, 1.807) is 6.20 Å². The van der Waals surface area contributed by atoms with Crippen LogP contribution in [0.5, 0.6) is 0 Å². The highest BCUT2D eigenvalue weighted by Crippen LogP contribution is 2.24. The van der Waals surface area contributed by atoms with Crippen molar-refractivity contribution in [3.63, 3.8) is 0 Å². The van der Waals surface area contributed by atoms with E-state index in [-0.39, 0.29) is 11.6 Å². The molecule has 0 spiro atoms. The molecular weight excluding hydrogens is 310 g/mol. The standard InChI is InChI=1S/C12H20BrN5O/c1-16(2)5-6-18-12(19)11(13)10(7-15-18)17-4-3-9(14)8-17/h7,9H,3-6,8,14H2,1-2H3. The first kappa shape index (κ1) is 14.5. The first-order valence-corrected chi connectivity index (χ1v) is 7.19. The topological polar surface area (TPSA) is 67.4 Å². The summed E-state index contributed by atoms with van der Waals surface area (Å²) >= 11 is 3.40. The molecule has 7 heteroatoms. The molecule has 1 fully saturated rings. The van der Waals surface area contributed by atoms with Gasteiger partial charge in [-0.3, -0.25) is 4.79 Å². The van der Waals surface area contributed by atoms with E-state index in [9.17, 15) is 4.79 Å². The monoisotopic (exact) mass is 329 g/mol. The zero-order chi connectivity index (χ0) is 14.0. The van der Waals surface area contributed by atoms with Gasteiger partial charge >= 0.3 is 0 Å². The van der Waals surface area contributed by atoms with Crippen molar-refractivity contribution >= 4 is 21.6 Å². The van der Waals surface area contributed by atoms with Gasteiger partial charge in [-0.05, 0) is 36.4 Å². The van der Waals surface area contributed by atoms with E-state index in [1.807, 2.05) is 19.0 Å². The second-order valence-corrected chi connectivity index (χ2v) is 5.96. The minimum atomic E-state index is -0.0835. The highest BCUT2D eigenvalue weighted by molar-refractivity contribution is 9.10. The van der Waals surface area contributed by atoms with Crippen molar-refractivity contribution in [3.8, 4) is 0 Å². The molecule has 1 atom stereocenters. The quantitative estimate of drug-likeness (QED) is 0.848. The Morgan fingerprint density at radius 2 is 2.32 bits per heavy atom. The Hall–Kier alpha value is -0.920. The van der Waals surface area contributed by atoms with Crippen LogP contribution in [0.15, 0.2) is 15.5 Å². The molecule has 2 rings (SSSR count). The van der Waals surface area contributed by atoms with Crippen LogP contribution in [0.25, 0.3) is 0 Å². The second-order valence-electron chi connectivity index (χ2n) is 5.17. The van der Waals surface area contributed by atoms with Gasteiger partial charge in [0.25, 0.3) is 5.56 Å². The molecule has 2 heterocycles. The number of anilines is 1. The number of nitrogens with zero attached hydrogens (tertiary/aromatic N) is 4. The van der Waals surface area contributed by atoms with Crippen molar-refractivity contribution in [2.75, 3.05) is 38.6 Å². The van der Waals surface area contributed by atoms with Gasteiger partial charge in [0.2, 0.25) is 0 Å². The molecule has 0 bridgehead atoms. The van der Waals surface area contributed by atoms with Crippen LogP contribution < -0.4 is 16.2 Å². The van der Waals surface area contributed by atoms with E-state index in [1.165, 1.54) is 4.68 Å². The summed E-state index contributed by atoms with van der Waals surface area (Å²) in [5.74, 6) is 0. The molecule has 1 saturated heterocycles. The lowest BCUT2D eigenvalue weighted by molar-refractivity contribution is 0.367. The molecule has 0 saturated carbocycles. The second kappa shape index (κ2) is 6.02. The lowest BCUT2D eigenvalue weighted by Crippen LogP contribution is -2.32. The molecule has 6 nitrogen and oxygen atoms in total. The summed E-state index contributed by atoms with van der Waals surface area (Å²) in [4.78, 5) is 16.4. The predicted octanol–water partition coefficient (Wildman–Crippen LogP) is 0.105. The molecule has 106 valence electrons. The van der Waals surface area contributed by atoms with Gasteiger partial charge in [0.1, 0.15) is 4.47 Å². The molecule has 2 N–H and O–H groups in total. The zero-order valence-corrected chi connectivity index (χ0v) is 12.9. The Kier molecular flexibility index (Phi) is 4.59. The van der Waals surface area contributed by atoms with E-state index in [4.69, 9.17) is 5.73 Å². The summed E-state index contributed by atoms with van der Waals surface area (Å²) in [6, 6.07) is 0.183. The van der Waals surface area contributed by atoms with Gasteiger partial charge < -0.3 is 15.5 Å². The lowest BCUT2D eigenvalue weighted by Gasteiger charge is -2.19. The van der Waals surface area contributed by atoms with Gasteiger partial charge in [-0.15, -0.1) is 0 Å². The predicted molar refractivity (Wildman–Crippen MR) is 79.6 cm³/mol. The Morgan fingerprint density at radius 1 is 1.58 bits per heavy atom. The molecule has 1 aromatic heterocycles. The van der Waals surface area contributed by atoms with E-state index in [2.05, 4.69) is 25.9 Å². The molecule has 0 aromatic carbocycles. The highest BCUT2D eigenvalue weighted by atomic mass is 79.9. The summed E-state index contributed by atoms with van der Waals surface area (Å²) in [5.41, 5.74) is 6.66. The summed E-state index contributed by atoms with van der Waals surface area (Å²) in [7, 11) is 3.94. The fraction of sp³-hybridized carbons (Fsp3) is 0.667. The molecule has 1 aromatic rings. The van der Waals surface area contributed by atoms with Crippen LogP contribution in [0, 0.1) is 0 Å². The van der Waals surface area contributed by atoms with Crippen LogP contribution in [0.4, 0.5) is 5.69 Å². The smallest absolute Gasteiger partial charge is 0.283 e. The van der Waals surface area contributed by atoms with Gasteiger partial charge in [-0.1, -0.05) is 0 Å². The normalized spacial score (nSPS) is 19.4. The van der Waals surface area contributed by atoms with Gasteiger partial charge in [-0.25, -0.2) is 4.68 Å². The third-order valence-electron chi connectivity index (χ3n) is 3.29. The molecule has 0 radical (unpaired) electrons. The van der Waals surface area contributed by atoms with E-state index >= 15 is 0 Å². The molecule has 19 heavy (non-hydrogen) atoms. The first-order valence-electron chi connectivity index (χ1n) is 6.40. The van der Waals surface area contributed by atoms with Crippen LogP contribution >= 0.6 is 15.9 Å². The van der Waals surface area contributed by atoms with Gasteiger partial charge in [0.05, 0.1) is 18.4 Å². The van der Waals surface area contributed by atoms with Gasteiger partial charge in [0, 0.05) is 25.7 Å². The average molecular weight is 330 g/mol. The van der Waals surface area contributed by atoms with Crippen molar-refractivity contribution in [3.05, 3.63) is 21.0 Å². The molecule has 1 aliphatic rings. The van der Waals surface area contributed by atoms with Crippen LogP contribution in [0.1, 0.15) is 6.42 Å². The fourth-order valence-electron chi connectivity index (χ4n) is 2.14. The summed E-state index contributed by atoms with van der Waals surface area (Å²) in [5, 5.41) is 4.25. The number of hydrogen-bond donors (Lipinski definition) is 1. The van der Waals surface area contributed by atoms with Gasteiger partial charge in [-0.2, -0.15) is 5.10 Å².